The van der Waals surface area contributed by atoms with Crippen molar-refractivity contribution in [1.29, 1.82) is 0 Å². The van der Waals surface area contributed by atoms with E-state index in [2.05, 4.69) is 50.4 Å². The minimum absolute atomic E-state index is 0.479. The van der Waals surface area contributed by atoms with Crippen molar-refractivity contribution < 1.29 is 0 Å². The lowest BCUT2D eigenvalue weighted by Gasteiger charge is -2.15. The van der Waals surface area contributed by atoms with E-state index in [1.807, 2.05) is 0 Å². The average Bonchev–Trinajstić information content (AvgIpc) is 3.18. The van der Waals surface area contributed by atoms with Gasteiger partial charge in [-0.3, -0.25) is 0 Å². The smallest absolute Gasteiger partial charge is 0.0291 e. The van der Waals surface area contributed by atoms with Crippen molar-refractivity contribution in [2.45, 2.75) is 58.9 Å². The lowest BCUT2D eigenvalue weighted by atomic mass is 10.00. The van der Waals surface area contributed by atoms with Gasteiger partial charge in [0.15, 0.2) is 0 Å². The summed E-state index contributed by atoms with van der Waals surface area (Å²) in [5.74, 6) is 1.80. The van der Waals surface area contributed by atoms with Gasteiger partial charge in [-0.1, -0.05) is 51.0 Å². The minimum Gasteiger partial charge on any atom is -0.310 e. The Balaban J connectivity index is 1.72. The van der Waals surface area contributed by atoms with Gasteiger partial charge in [-0.15, -0.1) is 0 Å². The Morgan fingerprint density at radius 1 is 1.11 bits per heavy atom. The molecular weight excluding hydrogens is 230 g/mol. The first-order valence-electron chi connectivity index (χ1n) is 7.97. The molecule has 1 heteroatoms. The van der Waals surface area contributed by atoms with Gasteiger partial charge in [0.25, 0.3) is 0 Å². The van der Waals surface area contributed by atoms with E-state index >= 15 is 0 Å². The average molecular weight is 259 g/mol. The van der Waals surface area contributed by atoms with Gasteiger partial charge in [-0.05, 0) is 55.7 Å². The van der Waals surface area contributed by atoms with Crippen LogP contribution in [0.5, 0.6) is 0 Å². The van der Waals surface area contributed by atoms with Gasteiger partial charge in [0.1, 0.15) is 0 Å². The van der Waals surface area contributed by atoms with E-state index in [1.54, 1.807) is 0 Å². The summed E-state index contributed by atoms with van der Waals surface area (Å²) in [4.78, 5) is 0. The highest BCUT2D eigenvalue weighted by molar-refractivity contribution is 5.25. The third kappa shape index (κ3) is 5.36. The van der Waals surface area contributed by atoms with E-state index in [0.29, 0.717) is 6.04 Å². The van der Waals surface area contributed by atoms with Crippen molar-refractivity contribution in [3.8, 4) is 0 Å². The van der Waals surface area contributed by atoms with Crippen LogP contribution in [0.2, 0.25) is 0 Å². The molecule has 19 heavy (non-hydrogen) atoms. The third-order valence-electron chi connectivity index (χ3n) is 4.06. The predicted octanol–water partition coefficient (Wildman–Crippen LogP) is 4.73. The molecule has 0 aromatic heterocycles. The van der Waals surface area contributed by atoms with E-state index in [1.165, 1.54) is 43.2 Å². The molecular formula is C18H29N. The molecule has 1 aromatic carbocycles. The first-order chi connectivity index (χ1) is 9.15. The predicted molar refractivity (Wildman–Crippen MR) is 83.4 cm³/mol. The van der Waals surface area contributed by atoms with Crippen LogP contribution < -0.4 is 5.32 Å². The number of benzene rings is 1. The van der Waals surface area contributed by atoms with E-state index in [0.717, 1.165) is 18.4 Å². The Hall–Kier alpha value is -0.820. The molecule has 1 aliphatic carbocycles. The Morgan fingerprint density at radius 2 is 1.79 bits per heavy atom. The fourth-order valence-corrected chi connectivity index (χ4v) is 2.65. The van der Waals surface area contributed by atoms with Crippen LogP contribution in [0.1, 0.15) is 63.6 Å². The summed E-state index contributed by atoms with van der Waals surface area (Å²) < 4.78 is 0. The van der Waals surface area contributed by atoms with Crippen LogP contribution in [0.3, 0.4) is 0 Å². The molecule has 0 radical (unpaired) electrons. The molecule has 0 aliphatic heterocycles. The highest BCUT2D eigenvalue weighted by atomic mass is 14.9. The van der Waals surface area contributed by atoms with Crippen molar-refractivity contribution in [1.82, 2.24) is 5.32 Å². The summed E-state index contributed by atoms with van der Waals surface area (Å²) in [5, 5.41) is 3.64. The summed E-state index contributed by atoms with van der Waals surface area (Å²) in [5.41, 5.74) is 2.87. The second-order valence-corrected chi connectivity index (χ2v) is 6.60. The van der Waals surface area contributed by atoms with Gasteiger partial charge in [0, 0.05) is 6.04 Å². The lowest BCUT2D eigenvalue weighted by molar-refractivity contribution is 0.533. The van der Waals surface area contributed by atoms with E-state index in [4.69, 9.17) is 0 Å². The first kappa shape index (κ1) is 14.6. The van der Waals surface area contributed by atoms with Gasteiger partial charge >= 0.3 is 0 Å². The maximum absolute atomic E-state index is 3.64. The molecule has 2 rings (SSSR count). The fraction of sp³-hybridized carbons (Fsp3) is 0.667. The molecule has 106 valence electrons. The van der Waals surface area contributed by atoms with Crippen molar-refractivity contribution >= 4 is 0 Å². The van der Waals surface area contributed by atoms with Crippen LogP contribution in [-0.4, -0.2) is 6.54 Å². The summed E-state index contributed by atoms with van der Waals surface area (Å²) >= 11 is 0. The molecule has 0 amide bonds. The highest BCUT2D eigenvalue weighted by Gasteiger charge is 2.20. The van der Waals surface area contributed by atoms with Crippen molar-refractivity contribution in [3.63, 3.8) is 0 Å². The van der Waals surface area contributed by atoms with Gasteiger partial charge in [-0.2, -0.15) is 0 Å². The highest BCUT2D eigenvalue weighted by Crippen LogP contribution is 2.33. The molecule has 1 atom stereocenters. The monoisotopic (exact) mass is 259 g/mol. The van der Waals surface area contributed by atoms with E-state index in [9.17, 15) is 0 Å². The van der Waals surface area contributed by atoms with E-state index < -0.39 is 0 Å². The molecule has 0 bridgehead atoms. The summed E-state index contributed by atoms with van der Waals surface area (Å²) in [7, 11) is 0. The van der Waals surface area contributed by atoms with Crippen LogP contribution in [0.15, 0.2) is 24.3 Å². The Bertz CT molecular complexity index is 362. The molecule has 1 aromatic rings. The van der Waals surface area contributed by atoms with Crippen LogP contribution in [0.4, 0.5) is 0 Å². The van der Waals surface area contributed by atoms with Crippen LogP contribution in [-0.2, 0) is 6.42 Å². The third-order valence-corrected chi connectivity index (χ3v) is 4.06. The quantitative estimate of drug-likeness (QED) is 0.666. The minimum atomic E-state index is 0.479. The van der Waals surface area contributed by atoms with Crippen LogP contribution >= 0.6 is 0 Å². The molecule has 1 aliphatic rings. The van der Waals surface area contributed by atoms with Gasteiger partial charge < -0.3 is 5.32 Å². The Labute approximate surface area is 118 Å². The molecule has 1 unspecified atom stereocenters. The summed E-state index contributed by atoms with van der Waals surface area (Å²) in [6.07, 6.45) is 6.90. The van der Waals surface area contributed by atoms with Crippen molar-refractivity contribution in [3.05, 3.63) is 35.4 Å². The van der Waals surface area contributed by atoms with Crippen molar-refractivity contribution in [2.75, 3.05) is 6.54 Å². The molecule has 0 spiro atoms. The lowest BCUT2D eigenvalue weighted by Crippen LogP contribution is -2.19. The number of hydrogen-bond donors (Lipinski definition) is 1. The number of nitrogens with one attached hydrogen (secondary N) is 1. The SMILES string of the molecule is CC(C)Cc1ccc(C(C)NCCCC2CC2)cc1. The Morgan fingerprint density at radius 3 is 2.37 bits per heavy atom. The number of hydrogen-bond acceptors (Lipinski definition) is 1. The van der Waals surface area contributed by atoms with Crippen LogP contribution in [0, 0.1) is 11.8 Å². The van der Waals surface area contributed by atoms with Crippen LogP contribution in [0.25, 0.3) is 0 Å². The maximum Gasteiger partial charge on any atom is 0.0291 e. The molecule has 1 fully saturated rings. The largest absolute Gasteiger partial charge is 0.310 e. The zero-order valence-corrected chi connectivity index (χ0v) is 12.8. The van der Waals surface area contributed by atoms with Gasteiger partial charge in [0.2, 0.25) is 0 Å². The normalized spacial score (nSPS) is 16.8. The molecule has 1 saturated carbocycles. The van der Waals surface area contributed by atoms with Gasteiger partial charge in [0.05, 0.1) is 0 Å². The van der Waals surface area contributed by atoms with Gasteiger partial charge in [-0.25, -0.2) is 0 Å². The molecule has 1 N–H and O–H groups in total. The molecule has 0 heterocycles. The number of rotatable bonds is 8. The van der Waals surface area contributed by atoms with Crippen molar-refractivity contribution in [2.24, 2.45) is 11.8 Å². The Kier molecular flexibility index (Phi) is 5.45. The summed E-state index contributed by atoms with van der Waals surface area (Å²) in [6, 6.07) is 9.63. The maximum atomic E-state index is 3.64. The standard InChI is InChI=1S/C18H29N/c1-14(2)13-17-8-10-18(11-9-17)15(3)19-12-4-5-16-6-7-16/h8-11,14-16,19H,4-7,12-13H2,1-3H3. The molecule has 0 saturated heterocycles. The van der Waals surface area contributed by atoms with E-state index in [-0.39, 0.29) is 0 Å². The summed E-state index contributed by atoms with van der Waals surface area (Å²) in [6.45, 7) is 7.98. The second-order valence-electron chi connectivity index (χ2n) is 6.60. The first-order valence-corrected chi connectivity index (χ1v) is 7.97. The fourth-order valence-electron chi connectivity index (χ4n) is 2.65. The topological polar surface area (TPSA) is 12.0 Å². The second kappa shape index (κ2) is 7.09. The molecule has 1 nitrogen and oxygen atoms in total. The zero-order chi connectivity index (χ0) is 13.7. The zero-order valence-electron chi connectivity index (χ0n) is 12.8.